The van der Waals surface area contributed by atoms with Crippen molar-refractivity contribution in [3.8, 4) is 0 Å². The van der Waals surface area contributed by atoms with Gasteiger partial charge in [0.05, 0.1) is 0 Å². The molecule has 0 heterocycles. The molecule has 0 spiro atoms. The van der Waals surface area contributed by atoms with E-state index < -0.39 is 17.4 Å². The molecule has 0 bridgehead atoms. The normalized spacial score (nSPS) is 13.1. The Morgan fingerprint density at radius 3 is 1.44 bits per heavy atom. The molecule has 8 heteroatoms. The van der Waals surface area contributed by atoms with Crippen molar-refractivity contribution in [2.45, 2.75) is 12.1 Å². The highest BCUT2D eigenvalue weighted by Gasteiger charge is 2.43. The summed E-state index contributed by atoms with van der Waals surface area (Å²) in [6.07, 6.45) is 0. The minimum Gasteiger partial charge on any atom is -0.397 e. The highest BCUT2D eigenvalue weighted by atomic mass is 32.1. The molecule has 0 rings (SSSR count). The highest BCUT2D eigenvalue weighted by Crippen LogP contribution is 2.23. The van der Waals surface area contributed by atoms with E-state index in [4.69, 9.17) is 22.1 Å². The van der Waals surface area contributed by atoms with Gasteiger partial charge in [-0.3, -0.25) is 0 Å². The average molecular weight is 286 g/mol. The molecule has 5 nitrogen and oxygen atoms in total. The summed E-state index contributed by atoms with van der Waals surface area (Å²) in [6.45, 7) is 0. The molecule has 0 aromatic carbocycles. The van der Waals surface area contributed by atoms with E-state index in [1.165, 1.54) is 0 Å². The summed E-state index contributed by atoms with van der Waals surface area (Å²) in [5.41, 5.74) is 0. The molecule has 16 heavy (non-hydrogen) atoms. The van der Waals surface area contributed by atoms with Gasteiger partial charge in [-0.1, -0.05) is 0 Å². The van der Waals surface area contributed by atoms with Crippen LogP contribution in [0.25, 0.3) is 0 Å². The molecule has 0 aliphatic rings. The van der Waals surface area contributed by atoms with Crippen LogP contribution in [-0.4, -0.2) is 58.3 Å². The van der Waals surface area contributed by atoms with Crippen molar-refractivity contribution in [1.82, 2.24) is 0 Å². The van der Waals surface area contributed by atoms with Crippen LogP contribution in [0.2, 0.25) is 12.1 Å². The van der Waals surface area contributed by atoms with E-state index in [0.29, 0.717) is 11.4 Å². The Balaban J connectivity index is 4.48. The van der Waals surface area contributed by atoms with Gasteiger partial charge in [-0.2, -0.15) is 12.6 Å². The van der Waals surface area contributed by atoms with E-state index in [0.717, 1.165) is 6.04 Å². The Hall–Kier alpha value is 0.584. The van der Waals surface area contributed by atoms with Gasteiger partial charge in [0.25, 0.3) is 0 Å². The maximum atomic E-state index is 5.46. The summed E-state index contributed by atoms with van der Waals surface area (Å²) in [4.78, 5) is 0. The monoisotopic (exact) mass is 286 g/mol. The molecule has 0 saturated heterocycles. The lowest BCUT2D eigenvalue weighted by molar-refractivity contribution is 0.123. The molecule has 0 N–H and O–H groups in total. The molecule has 0 fully saturated rings. The fraction of sp³-hybridized carbons (Fsp3) is 1.00. The predicted octanol–water partition coefficient (Wildman–Crippen LogP) is 1.07. The lowest BCUT2D eigenvalue weighted by atomic mass is 10.9. The fourth-order valence-corrected chi connectivity index (χ4v) is 7.50. The number of thiol groups is 1. The van der Waals surface area contributed by atoms with Gasteiger partial charge in [-0.05, 0) is 6.04 Å². The molecule has 0 aromatic heterocycles. The third-order valence-electron chi connectivity index (χ3n) is 2.73. The molecule has 98 valence electrons. The van der Waals surface area contributed by atoms with Crippen LogP contribution in [-0.2, 0) is 22.1 Å². The molecular formula is C8H22O5SSi2. The van der Waals surface area contributed by atoms with Crippen LogP contribution in [0.4, 0.5) is 0 Å². The largest absolute Gasteiger partial charge is 0.500 e. The maximum absolute atomic E-state index is 5.46. The zero-order chi connectivity index (χ0) is 12.7. The predicted molar refractivity (Wildman–Crippen MR) is 70.0 cm³/mol. The van der Waals surface area contributed by atoms with Crippen molar-refractivity contribution in [3.63, 3.8) is 0 Å². The molecular weight excluding hydrogens is 264 g/mol. The van der Waals surface area contributed by atoms with E-state index in [9.17, 15) is 0 Å². The van der Waals surface area contributed by atoms with Crippen molar-refractivity contribution < 1.29 is 22.1 Å². The zero-order valence-electron chi connectivity index (χ0n) is 10.6. The molecule has 0 amide bonds. The zero-order valence-corrected chi connectivity index (χ0v) is 13.5. The molecule has 0 aliphatic carbocycles. The van der Waals surface area contributed by atoms with Crippen LogP contribution < -0.4 is 0 Å². The third kappa shape index (κ3) is 4.11. The number of hydrogen-bond acceptors (Lipinski definition) is 6. The minimum atomic E-state index is -2.54. The molecule has 0 saturated carbocycles. The molecule has 0 unspecified atom stereocenters. The average Bonchev–Trinajstić information content (AvgIpc) is 2.37. The van der Waals surface area contributed by atoms with Crippen LogP contribution in [0.5, 0.6) is 0 Å². The summed E-state index contributed by atoms with van der Waals surface area (Å²) in [6, 6.07) is 1.41. The van der Waals surface area contributed by atoms with Gasteiger partial charge in [-0.15, -0.1) is 0 Å². The van der Waals surface area contributed by atoms with Gasteiger partial charge in [0.2, 0.25) is 0 Å². The Morgan fingerprint density at radius 2 is 1.19 bits per heavy atom. The van der Waals surface area contributed by atoms with E-state index in [-0.39, 0.29) is 0 Å². The van der Waals surface area contributed by atoms with E-state index in [1.54, 1.807) is 35.5 Å². The van der Waals surface area contributed by atoms with Crippen molar-refractivity contribution in [2.24, 2.45) is 0 Å². The highest BCUT2D eigenvalue weighted by molar-refractivity contribution is 7.82. The van der Waals surface area contributed by atoms with Gasteiger partial charge < -0.3 is 22.1 Å². The van der Waals surface area contributed by atoms with E-state index in [2.05, 4.69) is 12.6 Å². The van der Waals surface area contributed by atoms with Crippen molar-refractivity contribution >= 4 is 30.0 Å². The second kappa shape index (κ2) is 7.82. The van der Waals surface area contributed by atoms with Gasteiger partial charge >= 0.3 is 17.4 Å². The van der Waals surface area contributed by atoms with Crippen LogP contribution in [0.1, 0.15) is 0 Å². The summed E-state index contributed by atoms with van der Waals surface area (Å²) in [7, 11) is 3.36. The SMILES string of the molecule is CO[Si](CS)(CC[Si](OC)(OC)OC)OC. The molecule has 0 aliphatic heterocycles. The summed E-state index contributed by atoms with van der Waals surface area (Å²) in [5, 5.41) is 0.599. The van der Waals surface area contributed by atoms with Gasteiger partial charge in [0.15, 0.2) is 0 Å². The first-order chi connectivity index (χ1) is 7.57. The quantitative estimate of drug-likeness (QED) is 0.507. The van der Waals surface area contributed by atoms with Gasteiger partial charge in [0, 0.05) is 47.0 Å². The summed E-state index contributed by atoms with van der Waals surface area (Å²) >= 11 is 4.28. The van der Waals surface area contributed by atoms with Crippen LogP contribution in [0.15, 0.2) is 0 Å². The lowest BCUT2D eigenvalue weighted by Gasteiger charge is -2.30. The molecule has 0 radical (unpaired) electrons. The van der Waals surface area contributed by atoms with Crippen LogP contribution in [0, 0.1) is 0 Å². The first-order valence-electron chi connectivity index (χ1n) is 4.94. The van der Waals surface area contributed by atoms with Crippen molar-refractivity contribution in [2.75, 3.05) is 40.9 Å². The molecule has 0 atom stereocenters. The van der Waals surface area contributed by atoms with Crippen molar-refractivity contribution in [3.05, 3.63) is 0 Å². The second-order valence-corrected chi connectivity index (χ2v) is 10.8. The van der Waals surface area contributed by atoms with Gasteiger partial charge in [-0.25, -0.2) is 0 Å². The first kappa shape index (κ1) is 16.6. The van der Waals surface area contributed by atoms with Crippen LogP contribution in [0.3, 0.4) is 0 Å². The number of rotatable bonds is 9. The first-order valence-corrected chi connectivity index (χ1v) is 9.73. The molecule has 0 aromatic rings. The maximum Gasteiger partial charge on any atom is 0.500 e. The van der Waals surface area contributed by atoms with Crippen molar-refractivity contribution in [1.29, 1.82) is 0 Å². The minimum absolute atomic E-state index is 0.599. The Morgan fingerprint density at radius 1 is 0.750 bits per heavy atom. The fourth-order valence-electron chi connectivity index (χ4n) is 1.40. The Bertz CT molecular complexity index is 151. The smallest absolute Gasteiger partial charge is 0.397 e. The van der Waals surface area contributed by atoms with Crippen LogP contribution >= 0.6 is 12.6 Å². The lowest BCUT2D eigenvalue weighted by Crippen LogP contribution is -2.48. The number of hydrogen-bond donors (Lipinski definition) is 1. The van der Waals surface area contributed by atoms with E-state index >= 15 is 0 Å². The topological polar surface area (TPSA) is 46.2 Å². The summed E-state index contributed by atoms with van der Waals surface area (Å²) in [5.74, 6) is 0. The van der Waals surface area contributed by atoms with E-state index in [1.807, 2.05) is 0 Å². The third-order valence-corrected chi connectivity index (χ3v) is 10.4. The van der Waals surface area contributed by atoms with Gasteiger partial charge in [0.1, 0.15) is 0 Å². The summed E-state index contributed by atoms with van der Waals surface area (Å²) < 4.78 is 27.0. The Kier molecular flexibility index (Phi) is 8.11. The Labute approximate surface area is 105 Å². The standard InChI is InChI=1S/C8H22O5SSi2/c1-9-15(8-14,10-2)6-7-16(11-3,12-4)13-5/h14H,6-8H2,1-5H3. The second-order valence-electron chi connectivity index (χ2n) is 3.27.